The average molecular weight is 412 g/mol. The van der Waals surface area contributed by atoms with Crippen LogP contribution in [0.15, 0.2) is 60.9 Å². The van der Waals surface area contributed by atoms with Crippen LogP contribution in [0.25, 0.3) is 6.08 Å². The Morgan fingerprint density at radius 2 is 2.07 bits per heavy atom. The van der Waals surface area contributed by atoms with Crippen LogP contribution < -0.4 is 14.8 Å². The van der Waals surface area contributed by atoms with Crippen LogP contribution in [0.2, 0.25) is 5.02 Å². The normalized spacial score (nSPS) is 10.9. The zero-order valence-corrected chi connectivity index (χ0v) is 17.0. The molecule has 0 aliphatic rings. The molecule has 0 unspecified atom stereocenters. The maximum Gasteiger partial charge on any atom is 0.248 e. The predicted octanol–water partition coefficient (Wildman–Crippen LogP) is 4.64. The number of methoxy groups -OCH3 is 1. The summed E-state index contributed by atoms with van der Waals surface area (Å²) in [6.07, 6.45) is 6.78. The zero-order valence-electron chi connectivity index (χ0n) is 16.3. The lowest BCUT2D eigenvalue weighted by Crippen LogP contribution is -2.08. The first-order chi connectivity index (χ1) is 14.1. The van der Waals surface area contributed by atoms with Gasteiger partial charge in [0.05, 0.1) is 25.3 Å². The lowest BCUT2D eigenvalue weighted by atomic mass is 10.1. The number of aromatic nitrogens is 2. The van der Waals surface area contributed by atoms with Gasteiger partial charge < -0.3 is 14.8 Å². The quantitative estimate of drug-likeness (QED) is 0.548. The summed E-state index contributed by atoms with van der Waals surface area (Å²) in [5.74, 6) is 0.773. The molecule has 1 amide bonds. The number of ether oxygens (including phenoxy) is 2. The maximum absolute atomic E-state index is 12.2. The highest BCUT2D eigenvalue weighted by Crippen LogP contribution is 2.36. The molecule has 2 aromatic carbocycles. The third-order valence-corrected chi connectivity index (χ3v) is 4.37. The van der Waals surface area contributed by atoms with Crippen LogP contribution in [0.3, 0.4) is 0 Å². The molecular weight excluding hydrogens is 390 g/mol. The van der Waals surface area contributed by atoms with Gasteiger partial charge in [0.2, 0.25) is 5.91 Å². The number of nitrogens with one attached hydrogen (secondary N) is 1. The van der Waals surface area contributed by atoms with Crippen molar-refractivity contribution in [3.8, 4) is 11.5 Å². The molecule has 1 aromatic heterocycles. The second kappa shape index (κ2) is 9.80. The van der Waals surface area contributed by atoms with Gasteiger partial charge in [-0.3, -0.25) is 9.48 Å². The molecule has 1 heterocycles. The Labute approximate surface area is 174 Å². The van der Waals surface area contributed by atoms with Gasteiger partial charge in [0, 0.05) is 24.2 Å². The molecule has 0 radical (unpaired) electrons. The molecule has 0 atom stereocenters. The highest BCUT2D eigenvalue weighted by molar-refractivity contribution is 6.32. The molecule has 3 rings (SSSR count). The lowest BCUT2D eigenvalue weighted by Gasteiger charge is -2.11. The van der Waals surface area contributed by atoms with E-state index in [1.54, 1.807) is 24.4 Å². The number of anilines is 1. The minimum atomic E-state index is -0.241. The molecule has 29 heavy (non-hydrogen) atoms. The van der Waals surface area contributed by atoms with E-state index in [1.165, 1.54) is 13.2 Å². The molecule has 6 nitrogen and oxygen atoms in total. The maximum atomic E-state index is 12.2. The summed E-state index contributed by atoms with van der Waals surface area (Å²) in [7, 11) is 1.53. The largest absolute Gasteiger partial charge is 0.491 e. The second-order valence-corrected chi connectivity index (χ2v) is 6.60. The van der Waals surface area contributed by atoms with Gasteiger partial charge >= 0.3 is 0 Å². The summed E-state index contributed by atoms with van der Waals surface area (Å²) < 4.78 is 12.7. The predicted molar refractivity (Wildman–Crippen MR) is 115 cm³/mol. The molecule has 0 aliphatic carbocycles. The number of halogens is 1. The summed E-state index contributed by atoms with van der Waals surface area (Å²) >= 11 is 6.24. The van der Waals surface area contributed by atoms with Crippen molar-refractivity contribution in [2.45, 2.75) is 13.5 Å². The zero-order chi connectivity index (χ0) is 20.6. The van der Waals surface area contributed by atoms with Crippen LogP contribution in [0.4, 0.5) is 5.69 Å². The molecule has 3 aromatic rings. The van der Waals surface area contributed by atoms with Gasteiger partial charge in [-0.1, -0.05) is 23.7 Å². The average Bonchev–Trinajstić information content (AvgIpc) is 3.21. The van der Waals surface area contributed by atoms with Gasteiger partial charge in [-0.05, 0) is 54.5 Å². The van der Waals surface area contributed by atoms with Gasteiger partial charge in [-0.2, -0.15) is 5.10 Å². The number of hydrogen-bond acceptors (Lipinski definition) is 4. The van der Waals surface area contributed by atoms with Crippen LogP contribution in [0.1, 0.15) is 18.1 Å². The second-order valence-electron chi connectivity index (χ2n) is 6.19. The third kappa shape index (κ3) is 5.62. The Morgan fingerprint density at radius 3 is 2.72 bits per heavy atom. The minimum absolute atomic E-state index is 0.241. The number of benzene rings is 2. The highest BCUT2D eigenvalue weighted by atomic mass is 35.5. The number of carbonyl (C=O) groups excluding carboxylic acids is 1. The van der Waals surface area contributed by atoms with Crippen molar-refractivity contribution in [2.24, 2.45) is 0 Å². The van der Waals surface area contributed by atoms with E-state index in [1.807, 2.05) is 48.1 Å². The Bertz CT molecular complexity index is 983. The minimum Gasteiger partial charge on any atom is -0.491 e. The van der Waals surface area contributed by atoms with Crippen LogP contribution in [-0.2, 0) is 11.3 Å². The first-order valence-corrected chi connectivity index (χ1v) is 9.52. The molecule has 0 spiro atoms. The van der Waals surface area contributed by atoms with Crippen LogP contribution >= 0.6 is 11.6 Å². The fourth-order valence-electron chi connectivity index (χ4n) is 2.78. The number of amides is 1. The van der Waals surface area contributed by atoms with Crippen LogP contribution in [0.5, 0.6) is 11.5 Å². The molecule has 1 N–H and O–H groups in total. The van der Waals surface area contributed by atoms with Crippen molar-refractivity contribution in [1.29, 1.82) is 0 Å². The topological polar surface area (TPSA) is 65.4 Å². The molecule has 0 bridgehead atoms. The van der Waals surface area contributed by atoms with E-state index in [9.17, 15) is 4.79 Å². The molecular formula is C22H22ClN3O3. The Hall–Kier alpha value is -3.25. The number of hydrogen-bond donors (Lipinski definition) is 1. The molecule has 7 heteroatoms. The monoisotopic (exact) mass is 411 g/mol. The van der Waals surface area contributed by atoms with E-state index in [0.717, 1.165) is 11.1 Å². The number of carbonyl (C=O) groups is 1. The summed E-state index contributed by atoms with van der Waals surface area (Å²) in [5, 5.41) is 7.44. The Morgan fingerprint density at radius 1 is 1.28 bits per heavy atom. The van der Waals surface area contributed by atoms with E-state index < -0.39 is 0 Å². The van der Waals surface area contributed by atoms with Gasteiger partial charge in [0.1, 0.15) is 0 Å². The van der Waals surface area contributed by atoms with E-state index in [2.05, 4.69) is 10.4 Å². The summed E-state index contributed by atoms with van der Waals surface area (Å²) in [6.45, 7) is 3.04. The number of rotatable bonds is 8. The Kier molecular flexibility index (Phi) is 6.92. The van der Waals surface area contributed by atoms with E-state index in [-0.39, 0.29) is 5.91 Å². The van der Waals surface area contributed by atoms with Crippen molar-refractivity contribution in [3.05, 3.63) is 77.1 Å². The number of nitrogens with zero attached hydrogens (tertiary/aromatic N) is 2. The fourth-order valence-corrected chi connectivity index (χ4v) is 3.07. The van der Waals surface area contributed by atoms with Gasteiger partial charge in [0.15, 0.2) is 11.5 Å². The highest BCUT2D eigenvalue weighted by Gasteiger charge is 2.10. The van der Waals surface area contributed by atoms with Gasteiger partial charge in [-0.15, -0.1) is 0 Å². The lowest BCUT2D eigenvalue weighted by molar-refractivity contribution is -0.111. The summed E-state index contributed by atoms with van der Waals surface area (Å²) in [5.41, 5.74) is 2.55. The Balaban J connectivity index is 1.63. The van der Waals surface area contributed by atoms with E-state index in [4.69, 9.17) is 21.1 Å². The molecule has 0 saturated carbocycles. The molecule has 150 valence electrons. The summed E-state index contributed by atoms with van der Waals surface area (Å²) in [6, 6.07) is 13.0. The molecule has 0 aliphatic heterocycles. The third-order valence-electron chi connectivity index (χ3n) is 4.09. The standard InChI is InChI=1S/C22H22ClN3O3/c1-3-29-20-14-17(13-19(23)22(20)28-2)7-10-21(27)25-18-8-5-16(6-9-18)15-26-12-4-11-24-26/h4-14H,3,15H2,1-2H3,(H,25,27)/b10-7+. The van der Waals surface area contributed by atoms with Gasteiger partial charge in [0.25, 0.3) is 0 Å². The van der Waals surface area contributed by atoms with Crippen LogP contribution in [-0.4, -0.2) is 29.4 Å². The summed E-state index contributed by atoms with van der Waals surface area (Å²) in [4.78, 5) is 12.2. The van der Waals surface area contributed by atoms with Crippen molar-refractivity contribution < 1.29 is 14.3 Å². The smallest absolute Gasteiger partial charge is 0.248 e. The van der Waals surface area contributed by atoms with Crippen molar-refractivity contribution >= 4 is 29.3 Å². The van der Waals surface area contributed by atoms with E-state index in [0.29, 0.717) is 35.4 Å². The SMILES string of the molecule is CCOc1cc(/C=C/C(=O)Nc2ccc(Cn3cccn3)cc2)cc(Cl)c1OC. The van der Waals surface area contributed by atoms with Crippen molar-refractivity contribution in [2.75, 3.05) is 19.0 Å². The first-order valence-electron chi connectivity index (χ1n) is 9.14. The van der Waals surface area contributed by atoms with Crippen molar-refractivity contribution in [1.82, 2.24) is 9.78 Å². The van der Waals surface area contributed by atoms with Crippen molar-refractivity contribution in [3.63, 3.8) is 0 Å². The molecule has 0 saturated heterocycles. The van der Waals surface area contributed by atoms with E-state index >= 15 is 0 Å². The molecule has 0 fully saturated rings. The van der Waals surface area contributed by atoms with Gasteiger partial charge in [-0.25, -0.2) is 0 Å². The van der Waals surface area contributed by atoms with Crippen LogP contribution in [0, 0.1) is 0 Å². The fraction of sp³-hybridized carbons (Fsp3) is 0.182. The first kappa shape index (κ1) is 20.5.